The van der Waals surface area contributed by atoms with Crippen LogP contribution in [-0.4, -0.2) is 7.05 Å². The average Bonchev–Trinajstić information content (AvgIpc) is 2.60. The molecule has 0 amide bonds. The Morgan fingerprint density at radius 2 is 1.41 bits per heavy atom. The summed E-state index contributed by atoms with van der Waals surface area (Å²) >= 11 is 0. The summed E-state index contributed by atoms with van der Waals surface area (Å²) < 4.78 is 45.2. The highest BCUT2D eigenvalue weighted by Crippen LogP contribution is 2.12. The zero-order chi connectivity index (χ0) is 20.9. The first-order chi connectivity index (χ1) is 13.1. The maximum atomic E-state index is 7.54. The van der Waals surface area contributed by atoms with Gasteiger partial charge in [0.15, 0.2) is 0 Å². The molecule has 0 bridgehead atoms. The SMILES string of the molecule is [2H]C([2H])([2H])c1ccc(C#Cc2ccc(C([2H])([2H])[2H])cc2C#[N+]C)c(C#CC)c1. The Bertz CT molecular complexity index is 989. The second-order valence-electron chi connectivity index (χ2n) is 4.48. The topological polar surface area (TPSA) is 4.36 Å². The highest BCUT2D eigenvalue weighted by Gasteiger charge is 2.03. The van der Waals surface area contributed by atoms with Gasteiger partial charge in [0.05, 0.1) is 0 Å². The minimum Gasteiger partial charge on any atom is -0.101 e. The summed E-state index contributed by atoms with van der Waals surface area (Å²) in [7, 11) is 1.54. The predicted molar refractivity (Wildman–Crippen MR) is 93.2 cm³/mol. The Morgan fingerprint density at radius 3 is 1.95 bits per heavy atom. The van der Waals surface area contributed by atoms with Crippen molar-refractivity contribution in [2.45, 2.75) is 20.6 Å². The third kappa shape index (κ3) is 3.79. The fourth-order valence-electron chi connectivity index (χ4n) is 1.89. The van der Waals surface area contributed by atoms with Crippen LogP contribution in [0.15, 0.2) is 36.4 Å². The van der Waals surface area contributed by atoms with Crippen molar-refractivity contribution in [2.24, 2.45) is 0 Å². The van der Waals surface area contributed by atoms with E-state index in [2.05, 4.69) is 34.6 Å². The molecule has 1 nitrogen and oxygen atoms in total. The van der Waals surface area contributed by atoms with Gasteiger partial charge in [-0.25, -0.2) is 0 Å². The Kier molecular flexibility index (Phi) is 2.98. The lowest BCUT2D eigenvalue weighted by atomic mass is 10.0. The molecule has 0 aliphatic rings. The van der Waals surface area contributed by atoms with Crippen molar-refractivity contribution < 1.29 is 8.22 Å². The predicted octanol–water partition coefficient (Wildman–Crippen LogP) is 4.39. The number of nitrogens with zero attached hydrogens (tertiary/aromatic N) is 1. The monoisotopic (exact) mass is 290 g/mol. The lowest BCUT2D eigenvalue weighted by molar-refractivity contribution is 1.43. The summed E-state index contributed by atoms with van der Waals surface area (Å²) in [6.07, 6.45) is 0. The normalized spacial score (nSPS) is 13.9. The van der Waals surface area contributed by atoms with E-state index in [1.54, 1.807) is 26.1 Å². The van der Waals surface area contributed by atoms with E-state index in [0.29, 0.717) is 22.3 Å². The Hall–Kier alpha value is -2.95. The van der Waals surface area contributed by atoms with E-state index in [-0.39, 0.29) is 11.1 Å². The first kappa shape index (κ1) is 9.15. The lowest BCUT2D eigenvalue weighted by Crippen LogP contribution is -1.88. The van der Waals surface area contributed by atoms with Gasteiger partial charge in [0.2, 0.25) is 0 Å². The van der Waals surface area contributed by atoms with Crippen LogP contribution in [0.3, 0.4) is 0 Å². The molecule has 0 aliphatic carbocycles. The van der Waals surface area contributed by atoms with E-state index in [9.17, 15) is 0 Å². The molecule has 22 heavy (non-hydrogen) atoms. The maximum Gasteiger partial charge on any atom is 0.311 e. The highest BCUT2D eigenvalue weighted by molar-refractivity contribution is 5.56. The highest BCUT2D eigenvalue weighted by atomic mass is 14.6. The lowest BCUT2D eigenvalue weighted by Gasteiger charge is -1.99. The Balaban J connectivity index is 2.55. The maximum absolute atomic E-state index is 7.54. The van der Waals surface area contributed by atoms with Gasteiger partial charge in [0.1, 0.15) is 5.56 Å². The largest absolute Gasteiger partial charge is 0.311 e. The smallest absolute Gasteiger partial charge is 0.101 e. The number of aryl methyl sites for hydroxylation is 2. The number of benzene rings is 2. The van der Waals surface area contributed by atoms with Crippen LogP contribution in [0.1, 0.15) is 48.5 Å². The van der Waals surface area contributed by atoms with Crippen LogP contribution < -0.4 is 0 Å². The summed E-state index contributed by atoms with van der Waals surface area (Å²) in [4.78, 5) is 3.84. The molecule has 0 saturated heterocycles. The second kappa shape index (κ2) is 7.17. The molecule has 0 atom stereocenters. The van der Waals surface area contributed by atoms with Gasteiger partial charge in [0.25, 0.3) is 7.05 Å². The Labute approximate surface area is 141 Å². The van der Waals surface area contributed by atoms with Crippen LogP contribution in [0.5, 0.6) is 0 Å². The number of hydrogen-bond acceptors (Lipinski definition) is 0. The van der Waals surface area contributed by atoms with E-state index in [4.69, 9.17) is 8.22 Å². The van der Waals surface area contributed by atoms with E-state index >= 15 is 0 Å². The standard InChI is InChI=1S/C21H18N/c1-5-6-20-13-16(2)7-9-18(20)11-12-19-10-8-17(3)14-21(19)15-22-4/h7-10,13-14H,1-4H3/q+1/i2D3,3D3. The molecule has 2 rings (SSSR count). The van der Waals surface area contributed by atoms with Crippen molar-refractivity contribution in [3.05, 3.63) is 74.6 Å². The van der Waals surface area contributed by atoms with Crippen LogP contribution in [0.25, 0.3) is 4.85 Å². The molecule has 0 spiro atoms. The van der Waals surface area contributed by atoms with E-state index in [1.807, 2.05) is 0 Å². The molecular formula is C21H18N+. The van der Waals surface area contributed by atoms with Gasteiger partial charge in [-0.3, -0.25) is 0 Å². The quantitative estimate of drug-likeness (QED) is 0.634. The van der Waals surface area contributed by atoms with Gasteiger partial charge in [-0.1, -0.05) is 34.7 Å². The van der Waals surface area contributed by atoms with E-state index in [0.717, 1.165) is 0 Å². The second-order valence-corrected chi connectivity index (χ2v) is 4.48. The van der Waals surface area contributed by atoms with Gasteiger partial charge in [-0.15, -0.1) is 5.92 Å². The van der Waals surface area contributed by atoms with Crippen LogP contribution in [0, 0.1) is 43.5 Å². The number of hydrogen-bond donors (Lipinski definition) is 0. The number of rotatable bonds is 0. The third-order valence-corrected chi connectivity index (χ3v) is 2.86. The zero-order valence-electron chi connectivity index (χ0n) is 18.4. The van der Waals surface area contributed by atoms with Crippen LogP contribution in [0.2, 0.25) is 0 Å². The van der Waals surface area contributed by atoms with Crippen molar-refractivity contribution in [2.75, 3.05) is 7.05 Å². The van der Waals surface area contributed by atoms with Crippen molar-refractivity contribution in [1.82, 2.24) is 0 Å². The first-order valence-corrected chi connectivity index (χ1v) is 6.65. The minimum absolute atomic E-state index is 0.184. The molecule has 0 aliphatic heterocycles. The molecule has 0 radical (unpaired) electrons. The fraction of sp³-hybridized carbons (Fsp3) is 0.190. The zero-order valence-corrected chi connectivity index (χ0v) is 12.4. The molecule has 2 aromatic carbocycles. The van der Waals surface area contributed by atoms with Crippen LogP contribution in [-0.2, 0) is 0 Å². The minimum atomic E-state index is -2.23. The molecule has 1 heteroatoms. The molecule has 0 fully saturated rings. The van der Waals surface area contributed by atoms with Crippen molar-refractivity contribution >= 4 is 0 Å². The molecule has 0 unspecified atom stereocenters. The van der Waals surface area contributed by atoms with Gasteiger partial charge < -0.3 is 0 Å². The molecule has 0 saturated carbocycles. The first-order valence-electron chi connectivity index (χ1n) is 9.65. The summed E-state index contributed by atoms with van der Waals surface area (Å²) in [5.41, 5.74) is 2.53. The van der Waals surface area contributed by atoms with Crippen molar-refractivity contribution in [3.8, 4) is 29.8 Å². The molecule has 0 aromatic heterocycles. The molecule has 0 heterocycles. The third-order valence-electron chi connectivity index (χ3n) is 2.86. The fourth-order valence-corrected chi connectivity index (χ4v) is 1.89. The van der Waals surface area contributed by atoms with Gasteiger partial charge >= 0.3 is 6.07 Å². The van der Waals surface area contributed by atoms with E-state index < -0.39 is 13.7 Å². The summed E-state index contributed by atoms with van der Waals surface area (Å²) in [5.74, 6) is 11.6. The van der Waals surface area contributed by atoms with Gasteiger partial charge in [-0.05, 0) is 56.0 Å². The van der Waals surface area contributed by atoms with Crippen molar-refractivity contribution in [3.63, 3.8) is 0 Å². The van der Waals surface area contributed by atoms with Crippen molar-refractivity contribution in [1.29, 1.82) is 0 Å². The summed E-state index contributed by atoms with van der Waals surface area (Å²) in [6.45, 7) is -2.79. The Morgan fingerprint density at radius 1 is 0.818 bits per heavy atom. The molecule has 0 N–H and O–H groups in total. The average molecular weight is 290 g/mol. The molecule has 106 valence electrons. The van der Waals surface area contributed by atoms with E-state index in [1.165, 1.54) is 24.3 Å². The van der Waals surface area contributed by atoms with Gasteiger partial charge in [0, 0.05) is 24.9 Å². The van der Waals surface area contributed by atoms with Gasteiger partial charge in [-0.2, -0.15) is 0 Å². The molecule has 2 aromatic rings. The van der Waals surface area contributed by atoms with Crippen LogP contribution >= 0.6 is 0 Å². The summed E-state index contributed by atoms with van der Waals surface area (Å²) in [5, 5.41) is 0. The molecular weight excluding hydrogens is 266 g/mol. The van der Waals surface area contributed by atoms with Crippen LogP contribution in [0.4, 0.5) is 0 Å². The summed E-state index contributed by atoms with van der Waals surface area (Å²) in [6, 6.07) is 12.0.